The van der Waals surface area contributed by atoms with Crippen LogP contribution in [0.15, 0.2) is 24.3 Å². The van der Waals surface area contributed by atoms with E-state index < -0.39 is 6.04 Å². The minimum atomic E-state index is -0.707. The van der Waals surface area contributed by atoms with Crippen LogP contribution >= 0.6 is 0 Å². The molecule has 0 saturated carbocycles. The van der Waals surface area contributed by atoms with Gasteiger partial charge in [0, 0.05) is 31.5 Å². The van der Waals surface area contributed by atoms with Crippen LogP contribution in [0.1, 0.15) is 23.2 Å². The van der Waals surface area contributed by atoms with Crippen LogP contribution < -0.4 is 11.1 Å². The summed E-state index contributed by atoms with van der Waals surface area (Å²) < 4.78 is 4.83. The summed E-state index contributed by atoms with van der Waals surface area (Å²) >= 11 is 0. The second kappa shape index (κ2) is 7.19. The summed E-state index contributed by atoms with van der Waals surface area (Å²) in [6, 6.07) is 6.15. The molecule has 114 valence electrons. The van der Waals surface area contributed by atoms with Crippen molar-refractivity contribution >= 4 is 17.5 Å². The van der Waals surface area contributed by atoms with Crippen LogP contribution in [0.5, 0.6) is 0 Å². The van der Waals surface area contributed by atoms with Gasteiger partial charge in [-0.1, -0.05) is 0 Å². The molecule has 0 spiro atoms. The van der Waals surface area contributed by atoms with Crippen LogP contribution in [0.2, 0.25) is 0 Å². The Labute approximate surface area is 124 Å². The summed E-state index contributed by atoms with van der Waals surface area (Å²) in [6.07, 6.45) is 2.13. The summed E-state index contributed by atoms with van der Waals surface area (Å²) in [7, 11) is 1.49. The molecule has 6 heteroatoms. The van der Waals surface area contributed by atoms with Crippen molar-refractivity contribution in [2.45, 2.75) is 18.9 Å². The Bertz CT molecular complexity index is 495. The van der Waals surface area contributed by atoms with Gasteiger partial charge in [0.15, 0.2) is 0 Å². The van der Waals surface area contributed by atoms with Crippen molar-refractivity contribution in [3.05, 3.63) is 29.8 Å². The molecule has 1 aromatic carbocycles. The van der Waals surface area contributed by atoms with E-state index in [1.54, 1.807) is 24.3 Å². The van der Waals surface area contributed by atoms with Gasteiger partial charge in [0.25, 0.3) is 5.91 Å². The van der Waals surface area contributed by atoms with Gasteiger partial charge in [-0.15, -0.1) is 0 Å². The Hall–Kier alpha value is -1.92. The molecule has 1 aromatic rings. The van der Waals surface area contributed by atoms with E-state index in [1.165, 1.54) is 7.11 Å². The first kappa shape index (κ1) is 15.5. The largest absolute Gasteiger partial charge is 0.383 e. The fourth-order valence-corrected chi connectivity index (χ4v) is 2.29. The molecule has 0 aromatic heterocycles. The zero-order valence-corrected chi connectivity index (χ0v) is 12.2. The van der Waals surface area contributed by atoms with E-state index in [4.69, 9.17) is 10.5 Å². The number of hydrogen-bond donors (Lipinski definition) is 2. The van der Waals surface area contributed by atoms with E-state index in [-0.39, 0.29) is 18.4 Å². The zero-order chi connectivity index (χ0) is 15.2. The van der Waals surface area contributed by atoms with Crippen LogP contribution in [0.4, 0.5) is 5.69 Å². The lowest BCUT2D eigenvalue weighted by Crippen LogP contribution is -2.39. The van der Waals surface area contributed by atoms with Crippen molar-refractivity contribution in [3.63, 3.8) is 0 Å². The number of ether oxygens (including phenoxy) is 1. The predicted octanol–water partition coefficient (Wildman–Crippen LogP) is 0.835. The van der Waals surface area contributed by atoms with Gasteiger partial charge in [-0.25, -0.2) is 0 Å². The van der Waals surface area contributed by atoms with Gasteiger partial charge in [0.2, 0.25) is 5.91 Å². The molecule has 1 aliphatic heterocycles. The molecule has 3 N–H and O–H groups in total. The second-order valence-electron chi connectivity index (χ2n) is 5.13. The molecule has 1 atom stereocenters. The van der Waals surface area contributed by atoms with Gasteiger partial charge in [0.1, 0.15) is 6.04 Å². The first-order valence-corrected chi connectivity index (χ1v) is 7.06. The quantitative estimate of drug-likeness (QED) is 0.841. The highest BCUT2D eigenvalue weighted by Crippen LogP contribution is 2.15. The molecule has 1 saturated heterocycles. The SMILES string of the molecule is COCC(N)C(=O)Nc1ccc(C(=O)N2CCCC2)cc1. The first-order chi connectivity index (χ1) is 10.1. The van der Waals surface area contributed by atoms with Crippen molar-refractivity contribution in [2.24, 2.45) is 5.73 Å². The van der Waals surface area contributed by atoms with E-state index in [2.05, 4.69) is 5.32 Å². The van der Waals surface area contributed by atoms with E-state index in [0.717, 1.165) is 25.9 Å². The molecule has 1 fully saturated rings. The average molecular weight is 291 g/mol. The Morgan fingerprint density at radius 1 is 1.29 bits per heavy atom. The Morgan fingerprint density at radius 3 is 2.48 bits per heavy atom. The van der Waals surface area contributed by atoms with Crippen LogP contribution in [-0.2, 0) is 9.53 Å². The standard InChI is InChI=1S/C15H21N3O3/c1-21-10-13(16)14(19)17-12-6-4-11(5-7-12)15(20)18-8-2-3-9-18/h4-7,13H,2-3,8-10,16H2,1H3,(H,17,19). The fourth-order valence-electron chi connectivity index (χ4n) is 2.29. The maximum absolute atomic E-state index is 12.2. The molecule has 2 rings (SSSR count). The van der Waals surface area contributed by atoms with Crippen molar-refractivity contribution < 1.29 is 14.3 Å². The molecule has 1 heterocycles. The molecule has 2 amide bonds. The third-order valence-corrected chi connectivity index (χ3v) is 3.48. The monoisotopic (exact) mass is 291 g/mol. The van der Waals surface area contributed by atoms with Crippen LogP contribution in [-0.4, -0.2) is 49.6 Å². The van der Waals surface area contributed by atoms with Crippen LogP contribution in [0.3, 0.4) is 0 Å². The number of amides is 2. The van der Waals surface area contributed by atoms with E-state index in [9.17, 15) is 9.59 Å². The first-order valence-electron chi connectivity index (χ1n) is 7.06. The fraction of sp³-hybridized carbons (Fsp3) is 0.467. The smallest absolute Gasteiger partial charge is 0.253 e. The number of carbonyl (C=O) groups is 2. The highest BCUT2D eigenvalue weighted by atomic mass is 16.5. The Kier molecular flexibility index (Phi) is 5.30. The van der Waals surface area contributed by atoms with E-state index in [1.807, 2.05) is 4.90 Å². The number of methoxy groups -OCH3 is 1. The molecule has 21 heavy (non-hydrogen) atoms. The molecule has 1 unspecified atom stereocenters. The Morgan fingerprint density at radius 2 is 1.90 bits per heavy atom. The zero-order valence-electron chi connectivity index (χ0n) is 12.2. The van der Waals surface area contributed by atoms with Gasteiger partial charge in [-0.05, 0) is 37.1 Å². The number of carbonyl (C=O) groups excluding carboxylic acids is 2. The summed E-state index contributed by atoms with van der Waals surface area (Å²) in [6.45, 7) is 1.81. The second-order valence-corrected chi connectivity index (χ2v) is 5.13. The van der Waals surface area contributed by atoms with Crippen LogP contribution in [0.25, 0.3) is 0 Å². The van der Waals surface area contributed by atoms with Crippen LogP contribution in [0, 0.1) is 0 Å². The number of anilines is 1. The van der Waals surface area contributed by atoms with E-state index >= 15 is 0 Å². The lowest BCUT2D eigenvalue weighted by atomic mass is 10.1. The maximum atomic E-state index is 12.2. The Balaban J connectivity index is 1.95. The number of nitrogens with zero attached hydrogens (tertiary/aromatic N) is 1. The summed E-state index contributed by atoms with van der Waals surface area (Å²) in [5.41, 5.74) is 6.89. The number of nitrogens with two attached hydrogens (primary N) is 1. The molecule has 1 aliphatic rings. The molecular weight excluding hydrogens is 270 g/mol. The highest BCUT2D eigenvalue weighted by Gasteiger charge is 2.19. The number of hydrogen-bond acceptors (Lipinski definition) is 4. The topological polar surface area (TPSA) is 84.7 Å². The predicted molar refractivity (Wildman–Crippen MR) is 80.1 cm³/mol. The number of likely N-dealkylation sites (tertiary alicyclic amines) is 1. The molecule has 0 radical (unpaired) electrons. The average Bonchev–Trinajstić information content (AvgIpc) is 3.01. The highest BCUT2D eigenvalue weighted by molar-refractivity contribution is 5.97. The minimum absolute atomic E-state index is 0.0430. The summed E-state index contributed by atoms with van der Waals surface area (Å²) in [4.78, 5) is 25.8. The van der Waals surface area contributed by atoms with E-state index in [0.29, 0.717) is 11.3 Å². The lowest BCUT2D eigenvalue weighted by molar-refractivity contribution is -0.118. The third-order valence-electron chi connectivity index (χ3n) is 3.48. The molecule has 6 nitrogen and oxygen atoms in total. The number of nitrogens with one attached hydrogen (secondary N) is 1. The van der Waals surface area contributed by atoms with Gasteiger partial charge < -0.3 is 20.7 Å². The normalized spacial score (nSPS) is 15.8. The number of benzene rings is 1. The van der Waals surface area contributed by atoms with Crippen molar-refractivity contribution in [2.75, 3.05) is 32.1 Å². The van der Waals surface area contributed by atoms with Gasteiger partial charge in [0.05, 0.1) is 6.61 Å². The summed E-state index contributed by atoms with van der Waals surface area (Å²) in [5, 5.41) is 2.69. The molecule has 0 aliphatic carbocycles. The summed E-state index contributed by atoms with van der Waals surface area (Å²) in [5.74, 6) is -0.267. The van der Waals surface area contributed by atoms with Gasteiger partial charge >= 0.3 is 0 Å². The number of rotatable bonds is 5. The molecular formula is C15H21N3O3. The minimum Gasteiger partial charge on any atom is -0.383 e. The van der Waals surface area contributed by atoms with Crippen molar-refractivity contribution in [1.82, 2.24) is 4.90 Å². The molecule has 0 bridgehead atoms. The van der Waals surface area contributed by atoms with Gasteiger partial charge in [-0.2, -0.15) is 0 Å². The van der Waals surface area contributed by atoms with Crippen molar-refractivity contribution in [1.29, 1.82) is 0 Å². The van der Waals surface area contributed by atoms with Crippen molar-refractivity contribution in [3.8, 4) is 0 Å². The third kappa shape index (κ3) is 4.03. The maximum Gasteiger partial charge on any atom is 0.253 e. The van der Waals surface area contributed by atoms with Gasteiger partial charge in [-0.3, -0.25) is 9.59 Å². The lowest BCUT2D eigenvalue weighted by Gasteiger charge is -2.15.